The number of benzene rings is 1. The highest BCUT2D eigenvalue weighted by atomic mass is 16.5. The zero-order valence-electron chi connectivity index (χ0n) is 12.4. The van der Waals surface area contributed by atoms with Crippen LogP contribution in [0.2, 0.25) is 0 Å². The van der Waals surface area contributed by atoms with Gasteiger partial charge in [0.05, 0.1) is 6.61 Å². The Balaban J connectivity index is 2.79. The summed E-state index contributed by atoms with van der Waals surface area (Å²) in [6.45, 7) is 9.31. The Morgan fingerprint density at radius 3 is 2.63 bits per heavy atom. The Labute approximate surface area is 116 Å². The summed E-state index contributed by atoms with van der Waals surface area (Å²) in [5.74, 6) is 0.342. The van der Waals surface area contributed by atoms with E-state index in [1.165, 1.54) is 0 Å². The summed E-state index contributed by atoms with van der Waals surface area (Å²) in [7, 11) is 1.89. The standard InChI is InChI=1S/C15H26N2O2/c1-5-17(9-10-19-6-2)13-7-8-14(12(3)16-4)15(18)11-13/h7-8,11-12,16,18H,5-6,9-10H2,1-4H3. The van der Waals surface area contributed by atoms with E-state index < -0.39 is 0 Å². The molecule has 1 atom stereocenters. The molecule has 0 aliphatic carbocycles. The molecule has 4 heteroatoms. The van der Waals surface area contributed by atoms with Crippen molar-refractivity contribution in [2.75, 3.05) is 38.3 Å². The monoisotopic (exact) mass is 266 g/mol. The second-order valence-corrected chi connectivity index (χ2v) is 4.53. The number of ether oxygens (including phenoxy) is 1. The molecule has 0 heterocycles. The molecule has 0 fully saturated rings. The lowest BCUT2D eigenvalue weighted by molar-refractivity contribution is 0.154. The van der Waals surface area contributed by atoms with Crippen molar-refractivity contribution in [3.05, 3.63) is 23.8 Å². The number of nitrogens with zero attached hydrogens (tertiary/aromatic N) is 1. The van der Waals surface area contributed by atoms with Crippen molar-refractivity contribution in [2.45, 2.75) is 26.8 Å². The minimum Gasteiger partial charge on any atom is -0.508 e. The maximum absolute atomic E-state index is 10.1. The molecule has 1 unspecified atom stereocenters. The van der Waals surface area contributed by atoms with Gasteiger partial charge in [-0.3, -0.25) is 0 Å². The molecule has 1 rings (SSSR count). The van der Waals surface area contributed by atoms with Crippen LogP contribution in [0.15, 0.2) is 18.2 Å². The van der Waals surface area contributed by atoms with Crippen molar-refractivity contribution in [1.82, 2.24) is 5.32 Å². The number of aromatic hydroxyl groups is 1. The van der Waals surface area contributed by atoms with Crippen molar-refractivity contribution in [2.24, 2.45) is 0 Å². The molecule has 2 N–H and O–H groups in total. The van der Waals surface area contributed by atoms with E-state index in [1.54, 1.807) is 0 Å². The fourth-order valence-corrected chi connectivity index (χ4v) is 2.04. The molecular weight excluding hydrogens is 240 g/mol. The lowest BCUT2D eigenvalue weighted by Gasteiger charge is -2.24. The minimum absolute atomic E-state index is 0.146. The highest BCUT2D eigenvalue weighted by molar-refractivity contribution is 5.54. The van der Waals surface area contributed by atoms with Gasteiger partial charge in [-0.25, -0.2) is 0 Å². The minimum atomic E-state index is 0.146. The van der Waals surface area contributed by atoms with Gasteiger partial charge in [0.25, 0.3) is 0 Å². The van der Waals surface area contributed by atoms with Gasteiger partial charge in [0, 0.05) is 43.1 Å². The number of nitrogens with one attached hydrogen (secondary N) is 1. The third-order valence-electron chi connectivity index (χ3n) is 3.37. The summed E-state index contributed by atoms with van der Waals surface area (Å²) in [6, 6.07) is 6.01. The highest BCUT2D eigenvalue weighted by Gasteiger charge is 2.11. The second kappa shape index (κ2) is 8.02. The first-order chi connectivity index (χ1) is 9.13. The van der Waals surface area contributed by atoms with Crippen molar-refractivity contribution >= 4 is 5.69 Å². The van der Waals surface area contributed by atoms with Gasteiger partial charge in [-0.05, 0) is 33.9 Å². The molecule has 4 nitrogen and oxygen atoms in total. The normalized spacial score (nSPS) is 12.4. The van der Waals surface area contributed by atoms with Crippen molar-refractivity contribution in [1.29, 1.82) is 0 Å². The first-order valence-corrected chi connectivity index (χ1v) is 6.96. The van der Waals surface area contributed by atoms with Crippen LogP contribution in [0, 0.1) is 0 Å². The molecule has 0 amide bonds. The van der Waals surface area contributed by atoms with E-state index in [0.717, 1.165) is 30.9 Å². The van der Waals surface area contributed by atoms with Crippen LogP contribution in [0.3, 0.4) is 0 Å². The van der Waals surface area contributed by atoms with Gasteiger partial charge in [0.1, 0.15) is 5.75 Å². The van der Waals surface area contributed by atoms with E-state index >= 15 is 0 Å². The number of likely N-dealkylation sites (N-methyl/N-ethyl adjacent to an activating group) is 1. The molecule has 108 valence electrons. The second-order valence-electron chi connectivity index (χ2n) is 4.53. The molecule has 0 saturated carbocycles. The molecule has 19 heavy (non-hydrogen) atoms. The molecule has 0 aliphatic rings. The third kappa shape index (κ3) is 4.40. The van der Waals surface area contributed by atoms with Gasteiger partial charge in [-0.15, -0.1) is 0 Å². The molecule has 1 aromatic carbocycles. The maximum Gasteiger partial charge on any atom is 0.122 e. The van der Waals surface area contributed by atoms with Crippen LogP contribution >= 0.6 is 0 Å². The van der Waals surface area contributed by atoms with E-state index in [9.17, 15) is 5.11 Å². The van der Waals surface area contributed by atoms with E-state index in [2.05, 4.69) is 23.2 Å². The van der Waals surface area contributed by atoms with E-state index in [-0.39, 0.29) is 6.04 Å². The summed E-state index contributed by atoms with van der Waals surface area (Å²) in [4.78, 5) is 2.20. The molecule has 0 saturated heterocycles. The average Bonchev–Trinajstić information content (AvgIpc) is 2.43. The Bertz CT molecular complexity index is 382. The van der Waals surface area contributed by atoms with Crippen LogP contribution in [-0.4, -0.2) is 38.5 Å². The van der Waals surface area contributed by atoms with Gasteiger partial charge in [0.15, 0.2) is 0 Å². The van der Waals surface area contributed by atoms with Gasteiger partial charge in [-0.1, -0.05) is 6.07 Å². The summed E-state index contributed by atoms with van der Waals surface area (Å²) < 4.78 is 5.38. The summed E-state index contributed by atoms with van der Waals surface area (Å²) in [6.07, 6.45) is 0. The predicted molar refractivity (Wildman–Crippen MR) is 80.0 cm³/mol. The molecule has 1 aromatic rings. The number of rotatable bonds is 8. The Morgan fingerprint density at radius 2 is 2.11 bits per heavy atom. The Morgan fingerprint density at radius 1 is 1.37 bits per heavy atom. The molecular formula is C15H26N2O2. The number of hydrogen-bond donors (Lipinski definition) is 2. The number of phenols is 1. The van der Waals surface area contributed by atoms with Gasteiger partial charge < -0.3 is 20.1 Å². The van der Waals surface area contributed by atoms with Crippen LogP contribution in [0.5, 0.6) is 5.75 Å². The number of hydrogen-bond acceptors (Lipinski definition) is 4. The SMILES string of the molecule is CCOCCN(CC)c1ccc(C(C)NC)c(O)c1. The fourth-order valence-electron chi connectivity index (χ4n) is 2.04. The van der Waals surface area contributed by atoms with Crippen LogP contribution < -0.4 is 10.2 Å². The van der Waals surface area contributed by atoms with E-state index in [0.29, 0.717) is 12.4 Å². The average molecular weight is 266 g/mol. The quantitative estimate of drug-likeness (QED) is 0.710. The number of phenolic OH excluding ortho intramolecular Hbond substituents is 1. The van der Waals surface area contributed by atoms with Crippen molar-refractivity contribution in [3.8, 4) is 5.75 Å². The maximum atomic E-state index is 10.1. The zero-order chi connectivity index (χ0) is 14.3. The van der Waals surface area contributed by atoms with Crippen LogP contribution in [0.1, 0.15) is 32.4 Å². The topological polar surface area (TPSA) is 44.7 Å². The van der Waals surface area contributed by atoms with Gasteiger partial charge in [0.2, 0.25) is 0 Å². The summed E-state index contributed by atoms with van der Waals surface area (Å²) in [5, 5.41) is 13.2. The summed E-state index contributed by atoms with van der Waals surface area (Å²) >= 11 is 0. The smallest absolute Gasteiger partial charge is 0.122 e. The first kappa shape index (κ1) is 15.8. The summed E-state index contributed by atoms with van der Waals surface area (Å²) in [5.41, 5.74) is 1.96. The Hall–Kier alpha value is -1.26. The lowest BCUT2D eigenvalue weighted by Crippen LogP contribution is -2.27. The number of anilines is 1. The first-order valence-electron chi connectivity index (χ1n) is 6.96. The van der Waals surface area contributed by atoms with Crippen molar-refractivity contribution < 1.29 is 9.84 Å². The third-order valence-corrected chi connectivity index (χ3v) is 3.37. The molecule has 0 radical (unpaired) electrons. The van der Waals surface area contributed by atoms with Gasteiger partial charge >= 0.3 is 0 Å². The predicted octanol–water partition coefficient (Wildman–Crippen LogP) is 2.54. The Kier molecular flexibility index (Phi) is 6.67. The van der Waals surface area contributed by atoms with Crippen LogP contribution in [-0.2, 0) is 4.74 Å². The fraction of sp³-hybridized carbons (Fsp3) is 0.600. The largest absolute Gasteiger partial charge is 0.508 e. The molecule has 0 spiro atoms. The van der Waals surface area contributed by atoms with Crippen LogP contribution in [0.4, 0.5) is 5.69 Å². The van der Waals surface area contributed by atoms with Crippen molar-refractivity contribution in [3.63, 3.8) is 0 Å². The van der Waals surface area contributed by atoms with E-state index in [1.807, 2.05) is 33.0 Å². The van der Waals surface area contributed by atoms with Crippen LogP contribution in [0.25, 0.3) is 0 Å². The lowest BCUT2D eigenvalue weighted by atomic mass is 10.1. The molecule has 0 bridgehead atoms. The zero-order valence-corrected chi connectivity index (χ0v) is 12.4. The van der Waals surface area contributed by atoms with E-state index in [4.69, 9.17) is 4.74 Å². The highest BCUT2D eigenvalue weighted by Crippen LogP contribution is 2.28. The molecule has 0 aliphatic heterocycles. The van der Waals surface area contributed by atoms with Gasteiger partial charge in [-0.2, -0.15) is 0 Å². The molecule has 0 aromatic heterocycles.